The van der Waals surface area contributed by atoms with Crippen molar-refractivity contribution >= 4 is 34.8 Å². The highest BCUT2D eigenvalue weighted by Crippen LogP contribution is 2.35. The minimum absolute atomic E-state index is 0.235. The first-order chi connectivity index (χ1) is 11.6. The molecule has 2 rings (SSSR count). The predicted octanol–water partition coefficient (Wildman–Crippen LogP) is 5.73. The molecule has 0 saturated carbocycles. The molecule has 0 saturated heterocycles. The van der Waals surface area contributed by atoms with E-state index in [1.807, 2.05) is 6.07 Å². The van der Waals surface area contributed by atoms with Crippen LogP contribution in [-0.2, 0) is 13.2 Å². The molecule has 0 aliphatic heterocycles. The van der Waals surface area contributed by atoms with Crippen LogP contribution in [0.1, 0.15) is 24.5 Å². The van der Waals surface area contributed by atoms with Crippen LogP contribution in [0.5, 0.6) is 11.5 Å². The predicted molar refractivity (Wildman–Crippen MR) is 101 cm³/mol. The number of hydrogen-bond donors (Lipinski definition) is 1. The van der Waals surface area contributed by atoms with E-state index in [2.05, 4.69) is 12.2 Å². The van der Waals surface area contributed by atoms with Crippen molar-refractivity contribution in [2.75, 3.05) is 13.7 Å². The maximum absolute atomic E-state index is 6.35. The lowest BCUT2D eigenvalue weighted by molar-refractivity contribution is 0.284. The molecule has 24 heavy (non-hydrogen) atoms. The smallest absolute Gasteiger partial charge is 0.163 e. The molecule has 2 aromatic rings. The molecular formula is C18H20Cl3NO2. The summed E-state index contributed by atoms with van der Waals surface area (Å²) in [5, 5.41) is 5.07. The lowest BCUT2D eigenvalue weighted by Crippen LogP contribution is -2.14. The van der Waals surface area contributed by atoms with E-state index in [9.17, 15) is 0 Å². The van der Waals surface area contributed by atoms with Gasteiger partial charge in [0.1, 0.15) is 6.61 Å². The molecule has 0 amide bonds. The van der Waals surface area contributed by atoms with Crippen molar-refractivity contribution in [3.8, 4) is 11.5 Å². The molecule has 2 aromatic carbocycles. The van der Waals surface area contributed by atoms with Gasteiger partial charge >= 0.3 is 0 Å². The third-order valence-electron chi connectivity index (χ3n) is 3.51. The van der Waals surface area contributed by atoms with E-state index in [1.165, 1.54) is 0 Å². The zero-order valence-corrected chi connectivity index (χ0v) is 15.9. The molecule has 0 unspecified atom stereocenters. The molecule has 0 radical (unpaired) electrons. The Morgan fingerprint density at radius 2 is 1.71 bits per heavy atom. The molecule has 0 aromatic heterocycles. The zero-order chi connectivity index (χ0) is 17.5. The van der Waals surface area contributed by atoms with Crippen molar-refractivity contribution in [2.45, 2.75) is 26.5 Å². The lowest BCUT2D eigenvalue weighted by Gasteiger charge is -2.15. The van der Waals surface area contributed by atoms with E-state index in [-0.39, 0.29) is 6.61 Å². The van der Waals surface area contributed by atoms with E-state index in [0.717, 1.165) is 24.1 Å². The minimum Gasteiger partial charge on any atom is -0.493 e. The summed E-state index contributed by atoms with van der Waals surface area (Å²) in [5.74, 6) is 1.17. The Hall–Kier alpha value is -1.13. The van der Waals surface area contributed by atoms with Crippen LogP contribution in [0, 0.1) is 0 Å². The van der Waals surface area contributed by atoms with Crippen LogP contribution in [0.25, 0.3) is 0 Å². The molecular weight excluding hydrogens is 369 g/mol. The summed E-state index contributed by atoms with van der Waals surface area (Å²) >= 11 is 18.7. The van der Waals surface area contributed by atoms with Gasteiger partial charge in [0.25, 0.3) is 0 Å². The van der Waals surface area contributed by atoms with Gasteiger partial charge in [-0.05, 0) is 36.7 Å². The first-order valence-electron chi connectivity index (χ1n) is 7.69. The molecule has 6 heteroatoms. The number of rotatable bonds is 8. The third-order valence-corrected chi connectivity index (χ3v) is 4.57. The highest BCUT2D eigenvalue weighted by molar-refractivity contribution is 6.36. The summed E-state index contributed by atoms with van der Waals surface area (Å²) < 4.78 is 11.3. The molecule has 0 fully saturated rings. The Balaban J connectivity index is 2.16. The van der Waals surface area contributed by atoms with Gasteiger partial charge in [-0.2, -0.15) is 0 Å². The average Bonchev–Trinajstić information content (AvgIpc) is 2.56. The van der Waals surface area contributed by atoms with E-state index in [1.54, 1.807) is 31.4 Å². The fourth-order valence-electron chi connectivity index (χ4n) is 2.21. The third kappa shape index (κ3) is 4.93. The fourth-order valence-corrected chi connectivity index (χ4v) is 2.93. The van der Waals surface area contributed by atoms with E-state index in [4.69, 9.17) is 44.3 Å². The second-order valence-electron chi connectivity index (χ2n) is 5.26. The van der Waals surface area contributed by atoms with Crippen molar-refractivity contribution in [2.24, 2.45) is 0 Å². The number of methoxy groups -OCH3 is 1. The molecule has 0 aliphatic carbocycles. The SMILES string of the molecule is CCCNCc1cc(OC)c(OCc2c(Cl)cccc2Cl)cc1Cl. The molecule has 0 spiro atoms. The summed E-state index contributed by atoms with van der Waals surface area (Å²) in [5.41, 5.74) is 1.69. The van der Waals surface area contributed by atoms with Crippen LogP contribution < -0.4 is 14.8 Å². The van der Waals surface area contributed by atoms with Gasteiger partial charge in [-0.15, -0.1) is 0 Å². The number of nitrogens with one attached hydrogen (secondary N) is 1. The highest BCUT2D eigenvalue weighted by Gasteiger charge is 2.13. The van der Waals surface area contributed by atoms with Crippen LogP contribution in [-0.4, -0.2) is 13.7 Å². The Kier molecular flexibility index (Phi) is 7.50. The van der Waals surface area contributed by atoms with Crippen molar-refractivity contribution in [3.63, 3.8) is 0 Å². The van der Waals surface area contributed by atoms with Gasteiger partial charge in [0.2, 0.25) is 0 Å². The Labute approximate surface area is 157 Å². The van der Waals surface area contributed by atoms with E-state index < -0.39 is 0 Å². The second kappa shape index (κ2) is 9.38. The van der Waals surface area contributed by atoms with Gasteiger partial charge in [-0.1, -0.05) is 47.8 Å². The van der Waals surface area contributed by atoms with Crippen LogP contribution >= 0.6 is 34.8 Å². The maximum Gasteiger partial charge on any atom is 0.163 e. The first kappa shape index (κ1) is 19.2. The number of ether oxygens (including phenoxy) is 2. The molecule has 3 nitrogen and oxygen atoms in total. The Morgan fingerprint density at radius 1 is 1.00 bits per heavy atom. The largest absolute Gasteiger partial charge is 0.493 e. The molecule has 0 bridgehead atoms. The molecule has 130 valence electrons. The monoisotopic (exact) mass is 387 g/mol. The maximum atomic E-state index is 6.35. The summed E-state index contributed by atoms with van der Waals surface area (Å²) in [4.78, 5) is 0. The average molecular weight is 389 g/mol. The van der Waals surface area contributed by atoms with Crippen molar-refractivity contribution in [3.05, 3.63) is 56.5 Å². The van der Waals surface area contributed by atoms with Crippen LogP contribution in [0.2, 0.25) is 15.1 Å². The zero-order valence-electron chi connectivity index (χ0n) is 13.7. The molecule has 1 N–H and O–H groups in total. The number of hydrogen-bond acceptors (Lipinski definition) is 3. The molecule has 0 atom stereocenters. The number of benzene rings is 2. The second-order valence-corrected chi connectivity index (χ2v) is 6.48. The van der Waals surface area contributed by atoms with Gasteiger partial charge in [-0.3, -0.25) is 0 Å². The van der Waals surface area contributed by atoms with Gasteiger partial charge < -0.3 is 14.8 Å². The van der Waals surface area contributed by atoms with Gasteiger partial charge in [-0.25, -0.2) is 0 Å². The Bertz CT molecular complexity index is 672. The molecule has 0 aliphatic rings. The first-order valence-corrected chi connectivity index (χ1v) is 8.83. The van der Waals surface area contributed by atoms with Gasteiger partial charge in [0, 0.05) is 33.2 Å². The van der Waals surface area contributed by atoms with Crippen molar-refractivity contribution < 1.29 is 9.47 Å². The van der Waals surface area contributed by atoms with Crippen LogP contribution in [0.4, 0.5) is 0 Å². The standard InChI is InChI=1S/C18H20Cl3NO2/c1-3-7-22-10-12-8-17(23-2)18(9-16(12)21)24-11-13-14(19)5-4-6-15(13)20/h4-6,8-9,22H,3,7,10-11H2,1-2H3. The summed E-state index contributed by atoms with van der Waals surface area (Å²) in [6.07, 6.45) is 1.06. The summed E-state index contributed by atoms with van der Waals surface area (Å²) in [6.45, 7) is 3.96. The quantitative estimate of drug-likeness (QED) is 0.585. The van der Waals surface area contributed by atoms with E-state index in [0.29, 0.717) is 33.1 Å². The topological polar surface area (TPSA) is 30.5 Å². The number of halogens is 3. The summed E-state index contributed by atoms with van der Waals surface area (Å²) in [7, 11) is 1.60. The highest BCUT2D eigenvalue weighted by atomic mass is 35.5. The van der Waals surface area contributed by atoms with Crippen molar-refractivity contribution in [1.82, 2.24) is 5.32 Å². The minimum atomic E-state index is 0.235. The van der Waals surface area contributed by atoms with E-state index >= 15 is 0 Å². The fraction of sp³-hybridized carbons (Fsp3) is 0.333. The van der Waals surface area contributed by atoms with Gasteiger partial charge in [0.15, 0.2) is 11.5 Å². The molecule has 0 heterocycles. The van der Waals surface area contributed by atoms with Crippen LogP contribution in [0.15, 0.2) is 30.3 Å². The normalized spacial score (nSPS) is 10.7. The van der Waals surface area contributed by atoms with Crippen molar-refractivity contribution in [1.29, 1.82) is 0 Å². The lowest BCUT2D eigenvalue weighted by atomic mass is 10.2. The summed E-state index contributed by atoms with van der Waals surface area (Å²) in [6, 6.07) is 8.99. The Morgan fingerprint density at radius 3 is 2.33 bits per heavy atom. The van der Waals surface area contributed by atoms with Crippen LogP contribution in [0.3, 0.4) is 0 Å². The van der Waals surface area contributed by atoms with Gasteiger partial charge in [0.05, 0.1) is 7.11 Å².